The number of benzene rings is 1. The summed E-state index contributed by atoms with van der Waals surface area (Å²) in [6, 6.07) is 10.7. The summed E-state index contributed by atoms with van der Waals surface area (Å²) in [5.41, 5.74) is 1.29. The molecule has 0 radical (unpaired) electrons. The van der Waals surface area contributed by atoms with Crippen molar-refractivity contribution in [2.75, 3.05) is 13.1 Å². The van der Waals surface area contributed by atoms with Crippen LogP contribution in [-0.2, 0) is 0 Å². The maximum Gasteiger partial charge on any atom is 0.0607 e. The lowest BCUT2D eigenvalue weighted by Gasteiger charge is -2.26. The molecule has 0 unspecified atom stereocenters. The molecule has 0 heterocycles. The van der Waals surface area contributed by atoms with Gasteiger partial charge in [-0.05, 0) is 12.5 Å². The lowest BCUT2D eigenvalue weighted by Crippen LogP contribution is -2.27. The maximum absolute atomic E-state index is 5.35. The molecule has 1 nitrogen and oxygen atoms in total. The summed E-state index contributed by atoms with van der Waals surface area (Å²) in [5, 5.41) is 0. The first-order valence-corrected chi connectivity index (χ1v) is 5.13. The molecule has 0 bridgehead atoms. The Bertz CT molecular complexity index is 334. The smallest absolute Gasteiger partial charge is 0.0607 e. The summed E-state index contributed by atoms with van der Waals surface area (Å²) in [6.45, 7) is 7.39. The zero-order valence-corrected chi connectivity index (χ0v) is 9.19. The van der Waals surface area contributed by atoms with E-state index < -0.39 is 0 Å². The molecule has 0 amide bonds. The Morgan fingerprint density at radius 2 is 2.13 bits per heavy atom. The van der Waals surface area contributed by atoms with Gasteiger partial charge >= 0.3 is 0 Å². The van der Waals surface area contributed by atoms with Crippen LogP contribution in [0.4, 0.5) is 0 Å². The normalized spacial score (nSPS) is 12.1. The molecule has 1 rings (SSSR count). The molecule has 0 fully saturated rings. The fourth-order valence-corrected chi connectivity index (χ4v) is 1.59. The van der Waals surface area contributed by atoms with Gasteiger partial charge in [0.2, 0.25) is 0 Å². The number of rotatable bonds is 5. The molecule has 1 heteroatoms. The highest BCUT2D eigenvalue weighted by atomic mass is 15.1. The van der Waals surface area contributed by atoms with Gasteiger partial charge in [0.25, 0.3) is 0 Å². The average Bonchev–Trinajstić information content (AvgIpc) is 2.29. The van der Waals surface area contributed by atoms with Crippen molar-refractivity contribution >= 4 is 0 Å². The minimum absolute atomic E-state index is 0.334. The number of nitrogens with zero attached hydrogens (tertiary/aromatic N) is 1. The third-order valence-electron chi connectivity index (χ3n) is 2.49. The van der Waals surface area contributed by atoms with Gasteiger partial charge in [-0.2, -0.15) is 0 Å². The van der Waals surface area contributed by atoms with Crippen LogP contribution in [-0.4, -0.2) is 18.0 Å². The van der Waals surface area contributed by atoms with Crippen molar-refractivity contribution in [3.8, 4) is 12.3 Å². The molecule has 0 aromatic heterocycles. The van der Waals surface area contributed by atoms with Crippen LogP contribution < -0.4 is 0 Å². The lowest BCUT2D eigenvalue weighted by atomic mass is 10.1. The largest absolute Gasteiger partial charge is 0.282 e. The summed E-state index contributed by atoms with van der Waals surface area (Å²) in [6.07, 6.45) is 7.24. The second kappa shape index (κ2) is 6.06. The van der Waals surface area contributed by atoms with Crippen LogP contribution in [0.2, 0.25) is 0 Å². The van der Waals surface area contributed by atoms with Crippen molar-refractivity contribution in [2.24, 2.45) is 0 Å². The van der Waals surface area contributed by atoms with E-state index in [4.69, 9.17) is 6.42 Å². The Kier molecular flexibility index (Phi) is 4.66. The predicted molar refractivity (Wildman–Crippen MR) is 65.5 cm³/mol. The molecule has 1 aromatic carbocycles. The van der Waals surface area contributed by atoms with Gasteiger partial charge in [-0.15, -0.1) is 13.0 Å². The molecule has 0 aliphatic rings. The highest BCUT2D eigenvalue weighted by molar-refractivity contribution is 5.18. The van der Waals surface area contributed by atoms with E-state index in [1.54, 1.807) is 0 Å². The quantitative estimate of drug-likeness (QED) is 0.520. The predicted octanol–water partition coefficient (Wildman–Crippen LogP) is 2.87. The van der Waals surface area contributed by atoms with Crippen LogP contribution in [0.5, 0.6) is 0 Å². The number of hydrogen-bond donors (Lipinski definition) is 0. The van der Waals surface area contributed by atoms with E-state index in [2.05, 4.69) is 36.5 Å². The molecular weight excluding hydrogens is 182 g/mol. The summed E-state index contributed by atoms with van der Waals surface area (Å²) in [5.74, 6) is 2.68. The van der Waals surface area contributed by atoms with Crippen molar-refractivity contribution in [1.29, 1.82) is 0 Å². The topological polar surface area (TPSA) is 3.24 Å². The molecule has 78 valence electrons. The summed E-state index contributed by atoms with van der Waals surface area (Å²) in [7, 11) is 0. The fraction of sp³-hybridized carbons (Fsp3) is 0.286. The Hall–Kier alpha value is -1.52. The van der Waals surface area contributed by atoms with Gasteiger partial charge in [-0.1, -0.05) is 42.3 Å². The molecule has 0 saturated heterocycles. The molecular formula is C14H17N. The van der Waals surface area contributed by atoms with Crippen molar-refractivity contribution in [1.82, 2.24) is 4.90 Å². The Morgan fingerprint density at radius 3 is 2.67 bits per heavy atom. The van der Waals surface area contributed by atoms with Gasteiger partial charge in [0.05, 0.1) is 6.54 Å². The summed E-state index contributed by atoms with van der Waals surface area (Å²) in [4.78, 5) is 2.21. The SMILES string of the molecule is C#CCN(CC=C)[C@H](C)c1ccccc1. The van der Waals surface area contributed by atoms with E-state index in [-0.39, 0.29) is 0 Å². The van der Waals surface area contributed by atoms with Crippen molar-refractivity contribution in [2.45, 2.75) is 13.0 Å². The fourth-order valence-electron chi connectivity index (χ4n) is 1.59. The zero-order chi connectivity index (χ0) is 11.1. The monoisotopic (exact) mass is 199 g/mol. The molecule has 0 spiro atoms. The van der Waals surface area contributed by atoms with Crippen LogP contribution in [0.1, 0.15) is 18.5 Å². The molecule has 0 aliphatic carbocycles. The third kappa shape index (κ3) is 3.27. The molecule has 0 aliphatic heterocycles. The average molecular weight is 199 g/mol. The molecule has 0 N–H and O–H groups in total. The Labute approximate surface area is 92.4 Å². The van der Waals surface area contributed by atoms with Gasteiger partial charge in [0.15, 0.2) is 0 Å². The van der Waals surface area contributed by atoms with Crippen molar-refractivity contribution < 1.29 is 0 Å². The molecule has 0 saturated carbocycles. The van der Waals surface area contributed by atoms with Crippen molar-refractivity contribution in [3.63, 3.8) is 0 Å². The van der Waals surface area contributed by atoms with Gasteiger partial charge < -0.3 is 0 Å². The maximum atomic E-state index is 5.35. The molecule has 1 aromatic rings. The number of terminal acetylenes is 1. The van der Waals surface area contributed by atoms with Gasteiger partial charge in [-0.25, -0.2) is 0 Å². The van der Waals surface area contributed by atoms with E-state index >= 15 is 0 Å². The van der Waals surface area contributed by atoms with Crippen LogP contribution in [0.15, 0.2) is 43.0 Å². The second-order valence-electron chi connectivity index (χ2n) is 3.51. The van der Waals surface area contributed by atoms with Crippen LogP contribution in [0, 0.1) is 12.3 Å². The van der Waals surface area contributed by atoms with Crippen LogP contribution >= 0.6 is 0 Å². The van der Waals surface area contributed by atoms with E-state index in [0.717, 1.165) is 6.54 Å². The minimum Gasteiger partial charge on any atom is -0.282 e. The zero-order valence-electron chi connectivity index (χ0n) is 9.19. The van der Waals surface area contributed by atoms with Gasteiger partial charge in [-0.3, -0.25) is 4.90 Å². The van der Waals surface area contributed by atoms with E-state index in [1.807, 2.05) is 24.3 Å². The minimum atomic E-state index is 0.334. The second-order valence-corrected chi connectivity index (χ2v) is 3.51. The first-order valence-electron chi connectivity index (χ1n) is 5.13. The van der Waals surface area contributed by atoms with Gasteiger partial charge in [0.1, 0.15) is 0 Å². The lowest BCUT2D eigenvalue weighted by molar-refractivity contribution is 0.264. The van der Waals surface area contributed by atoms with E-state index in [1.165, 1.54) is 5.56 Å². The highest BCUT2D eigenvalue weighted by Crippen LogP contribution is 2.18. The third-order valence-corrected chi connectivity index (χ3v) is 2.49. The molecule has 1 atom stereocenters. The Balaban J connectivity index is 2.76. The number of hydrogen-bond acceptors (Lipinski definition) is 1. The van der Waals surface area contributed by atoms with Crippen LogP contribution in [0.25, 0.3) is 0 Å². The van der Waals surface area contributed by atoms with E-state index in [9.17, 15) is 0 Å². The standard InChI is InChI=1S/C14H17N/c1-4-11-15(12-5-2)13(3)14-9-7-6-8-10-14/h1,5-10,13H,2,11-12H2,3H3/t13-/m1/s1. The van der Waals surface area contributed by atoms with Crippen LogP contribution in [0.3, 0.4) is 0 Å². The summed E-state index contributed by atoms with van der Waals surface area (Å²) < 4.78 is 0. The first kappa shape index (κ1) is 11.6. The first-order chi connectivity index (χ1) is 7.29. The van der Waals surface area contributed by atoms with Crippen molar-refractivity contribution in [3.05, 3.63) is 48.6 Å². The summed E-state index contributed by atoms with van der Waals surface area (Å²) >= 11 is 0. The molecule has 15 heavy (non-hydrogen) atoms. The van der Waals surface area contributed by atoms with Gasteiger partial charge in [0, 0.05) is 12.6 Å². The Morgan fingerprint density at radius 1 is 1.47 bits per heavy atom. The highest BCUT2D eigenvalue weighted by Gasteiger charge is 2.12. The van der Waals surface area contributed by atoms with E-state index in [0.29, 0.717) is 12.6 Å².